The first-order chi connectivity index (χ1) is 7.15. The largest absolute Gasteiger partial charge is 0.463 e. The predicted octanol–water partition coefficient (Wildman–Crippen LogP) is 3.01. The quantitative estimate of drug-likeness (QED) is 0.486. The Hall–Kier alpha value is -0.910. The lowest BCUT2D eigenvalue weighted by atomic mass is 10.2. The van der Waals surface area contributed by atoms with Gasteiger partial charge in [0.2, 0.25) is 0 Å². The Kier molecular flexibility index (Phi) is 4.74. The third-order valence-corrected chi connectivity index (χ3v) is 2.50. The van der Waals surface area contributed by atoms with Gasteiger partial charge in [-0.2, -0.15) is 0 Å². The standard InChI is InChI=1S/C11H10FIO2/c1-2-15-10(14)7-6-8-4-3-5-9(13)11(8)12/h3-7H,2H2,1H3/b7-6+. The lowest BCUT2D eigenvalue weighted by Crippen LogP contribution is -1.99. The number of esters is 1. The van der Waals surface area contributed by atoms with Crippen molar-refractivity contribution in [3.63, 3.8) is 0 Å². The number of rotatable bonds is 3. The molecular formula is C11H10FIO2. The van der Waals surface area contributed by atoms with Crippen molar-refractivity contribution in [3.8, 4) is 0 Å². The van der Waals surface area contributed by atoms with E-state index in [9.17, 15) is 9.18 Å². The molecule has 0 spiro atoms. The molecule has 2 nitrogen and oxygen atoms in total. The summed E-state index contributed by atoms with van der Waals surface area (Å²) in [6.07, 6.45) is 2.63. The van der Waals surface area contributed by atoms with Crippen LogP contribution in [0.4, 0.5) is 4.39 Å². The Morgan fingerprint density at radius 1 is 1.60 bits per heavy atom. The highest BCUT2D eigenvalue weighted by atomic mass is 127. The summed E-state index contributed by atoms with van der Waals surface area (Å²) < 4.78 is 18.6. The van der Waals surface area contributed by atoms with Crippen LogP contribution in [-0.4, -0.2) is 12.6 Å². The Morgan fingerprint density at radius 2 is 2.33 bits per heavy atom. The summed E-state index contributed by atoms with van der Waals surface area (Å²) in [5.41, 5.74) is 0.384. The van der Waals surface area contributed by atoms with E-state index < -0.39 is 5.97 Å². The fourth-order valence-corrected chi connectivity index (χ4v) is 1.52. The third-order valence-electron chi connectivity index (χ3n) is 1.67. The maximum atomic E-state index is 13.4. The van der Waals surface area contributed by atoms with Crippen molar-refractivity contribution >= 4 is 34.6 Å². The monoisotopic (exact) mass is 320 g/mol. The van der Waals surface area contributed by atoms with E-state index in [0.717, 1.165) is 0 Å². The molecule has 1 aromatic rings. The van der Waals surface area contributed by atoms with Gasteiger partial charge in [-0.25, -0.2) is 9.18 Å². The van der Waals surface area contributed by atoms with Crippen LogP contribution >= 0.6 is 22.6 Å². The van der Waals surface area contributed by atoms with Gasteiger partial charge in [-0.15, -0.1) is 0 Å². The first-order valence-corrected chi connectivity index (χ1v) is 5.52. The number of ether oxygens (including phenoxy) is 1. The molecule has 0 atom stereocenters. The molecule has 4 heteroatoms. The number of hydrogen-bond acceptors (Lipinski definition) is 2. The average Bonchev–Trinajstić information content (AvgIpc) is 2.21. The van der Waals surface area contributed by atoms with Crippen molar-refractivity contribution in [3.05, 3.63) is 39.2 Å². The van der Waals surface area contributed by atoms with Gasteiger partial charge in [-0.05, 0) is 41.7 Å². The van der Waals surface area contributed by atoms with Gasteiger partial charge in [-0.1, -0.05) is 12.1 Å². The molecule has 0 heterocycles. The molecule has 1 rings (SSSR count). The topological polar surface area (TPSA) is 26.3 Å². The second kappa shape index (κ2) is 5.85. The first kappa shape index (κ1) is 12.2. The first-order valence-electron chi connectivity index (χ1n) is 4.44. The minimum absolute atomic E-state index is 0.317. The predicted molar refractivity (Wildman–Crippen MR) is 64.8 cm³/mol. The van der Waals surface area contributed by atoms with Gasteiger partial charge in [0.15, 0.2) is 0 Å². The summed E-state index contributed by atoms with van der Waals surface area (Å²) in [7, 11) is 0. The van der Waals surface area contributed by atoms with E-state index in [-0.39, 0.29) is 5.82 Å². The number of carbonyl (C=O) groups is 1. The Balaban J connectivity index is 2.81. The molecule has 15 heavy (non-hydrogen) atoms. The average molecular weight is 320 g/mol. The molecule has 0 fully saturated rings. The minimum Gasteiger partial charge on any atom is -0.463 e. The van der Waals surface area contributed by atoms with Gasteiger partial charge in [0.1, 0.15) is 5.82 Å². The highest BCUT2D eigenvalue weighted by molar-refractivity contribution is 14.1. The van der Waals surface area contributed by atoms with Gasteiger partial charge in [0.25, 0.3) is 0 Å². The summed E-state index contributed by atoms with van der Waals surface area (Å²) in [6.45, 7) is 2.04. The van der Waals surface area contributed by atoms with Crippen LogP contribution in [0, 0.1) is 9.39 Å². The van der Waals surface area contributed by atoms with Crippen LogP contribution in [0.5, 0.6) is 0 Å². The third kappa shape index (κ3) is 3.62. The van der Waals surface area contributed by atoms with Crippen molar-refractivity contribution in [2.45, 2.75) is 6.92 Å². The Labute approximate surface area is 101 Å². The molecule has 80 valence electrons. The zero-order valence-electron chi connectivity index (χ0n) is 8.17. The molecule has 1 aromatic carbocycles. The van der Waals surface area contributed by atoms with E-state index in [0.29, 0.717) is 15.7 Å². The Bertz CT molecular complexity index is 388. The smallest absolute Gasteiger partial charge is 0.330 e. The van der Waals surface area contributed by atoms with Crippen LogP contribution in [-0.2, 0) is 9.53 Å². The summed E-state index contributed by atoms with van der Waals surface area (Å²) in [5.74, 6) is -0.783. The van der Waals surface area contributed by atoms with Crippen molar-refractivity contribution in [1.82, 2.24) is 0 Å². The minimum atomic E-state index is -0.462. The molecule has 0 amide bonds. The summed E-state index contributed by atoms with van der Waals surface area (Å²) >= 11 is 1.90. The van der Waals surface area contributed by atoms with Crippen molar-refractivity contribution in [2.75, 3.05) is 6.61 Å². The van der Waals surface area contributed by atoms with Crippen molar-refractivity contribution in [2.24, 2.45) is 0 Å². The molecule has 0 aliphatic carbocycles. The van der Waals surface area contributed by atoms with E-state index in [2.05, 4.69) is 4.74 Å². The fraction of sp³-hybridized carbons (Fsp3) is 0.182. The van der Waals surface area contributed by atoms with Gasteiger partial charge in [0.05, 0.1) is 6.61 Å². The van der Waals surface area contributed by atoms with Crippen LogP contribution in [0.1, 0.15) is 12.5 Å². The summed E-state index contributed by atoms with van der Waals surface area (Å²) in [4.78, 5) is 11.0. The van der Waals surface area contributed by atoms with Crippen molar-refractivity contribution < 1.29 is 13.9 Å². The highest BCUT2D eigenvalue weighted by Gasteiger charge is 2.03. The fourth-order valence-electron chi connectivity index (χ4n) is 0.997. The molecule has 0 saturated carbocycles. The van der Waals surface area contributed by atoms with Gasteiger partial charge in [-0.3, -0.25) is 0 Å². The summed E-state index contributed by atoms with van der Waals surface area (Å²) in [5, 5.41) is 0. The number of halogens is 2. The van der Waals surface area contributed by atoms with E-state index in [1.807, 2.05) is 22.6 Å². The van der Waals surface area contributed by atoms with Crippen LogP contribution in [0.25, 0.3) is 6.08 Å². The molecular weight excluding hydrogens is 310 g/mol. The van der Waals surface area contributed by atoms with Gasteiger partial charge >= 0.3 is 5.97 Å². The second-order valence-electron chi connectivity index (χ2n) is 2.73. The van der Waals surface area contributed by atoms with Crippen LogP contribution in [0.2, 0.25) is 0 Å². The van der Waals surface area contributed by atoms with E-state index in [4.69, 9.17) is 0 Å². The Morgan fingerprint density at radius 3 is 3.00 bits per heavy atom. The van der Waals surface area contributed by atoms with E-state index in [1.54, 1.807) is 25.1 Å². The maximum absolute atomic E-state index is 13.4. The number of carbonyl (C=O) groups excluding carboxylic acids is 1. The van der Waals surface area contributed by atoms with Crippen LogP contribution in [0.15, 0.2) is 24.3 Å². The second-order valence-corrected chi connectivity index (χ2v) is 3.89. The maximum Gasteiger partial charge on any atom is 0.330 e. The number of hydrogen-bond donors (Lipinski definition) is 0. The normalized spacial score (nSPS) is 10.6. The molecule has 0 aromatic heterocycles. The number of benzene rings is 1. The zero-order chi connectivity index (χ0) is 11.3. The SMILES string of the molecule is CCOC(=O)/C=C/c1cccc(I)c1F. The van der Waals surface area contributed by atoms with Gasteiger partial charge in [0, 0.05) is 15.2 Å². The molecule has 0 unspecified atom stereocenters. The zero-order valence-corrected chi connectivity index (χ0v) is 10.3. The molecule has 0 radical (unpaired) electrons. The lowest BCUT2D eigenvalue weighted by Gasteiger charge is -1.99. The highest BCUT2D eigenvalue weighted by Crippen LogP contribution is 2.16. The molecule has 0 bridgehead atoms. The molecule has 0 N–H and O–H groups in total. The lowest BCUT2D eigenvalue weighted by molar-refractivity contribution is -0.137. The molecule has 0 aliphatic heterocycles. The van der Waals surface area contributed by atoms with Crippen molar-refractivity contribution in [1.29, 1.82) is 0 Å². The van der Waals surface area contributed by atoms with E-state index in [1.165, 1.54) is 12.2 Å². The van der Waals surface area contributed by atoms with Crippen LogP contribution < -0.4 is 0 Å². The summed E-state index contributed by atoms with van der Waals surface area (Å²) in [6, 6.07) is 5.00. The van der Waals surface area contributed by atoms with E-state index >= 15 is 0 Å². The molecule has 0 aliphatic rings. The molecule has 0 saturated heterocycles. The van der Waals surface area contributed by atoms with Crippen LogP contribution in [0.3, 0.4) is 0 Å². The van der Waals surface area contributed by atoms with Gasteiger partial charge < -0.3 is 4.74 Å².